The summed E-state index contributed by atoms with van der Waals surface area (Å²) in [6.07, 6.45) is 0. The average molecular weight is 286 g/mol. The first-order chi connectivity index (χ1) is 8.49. The van der Waals surface area contributed by atoms with Crippen molar-refractivity contribution in [3.8, 4) is 0 Å². The van der Waals surface area contributed by atoms with Crippen molar-refractivity contribution in [1.82, 2.24) is 9.97 Å². The molecule has 0 bridgehead atoms. The molecule has 94 valence electrons. The summed E-state index contributed by atoms with van der Waals surface area (Å²) in [6.45, 7) is 3.61. The maximum Gasteiger partial charge on any atom is 0.172 e. The molecule has 1 aromatic carbocycles. The lowest BCUT2D eigenvalue weighted by atomic mass is 10.3. The second-order valence-corrected chi connectivity index (χ2v) is 4.53. The molecule has 2 rings (SSSR count). The van der Waals surface area contributed by atoms with E-state index in [2.05, 4.69) is 15.3 Å². The fourth-order valence-electron chi connectivity index (χ4n) is 1.38. The zero-order valence-corrected chi connectivity index (χ0v) is 11.3. The van der Waals surface area contributed by atoms with E-state index in [0.717, 1.165) is 11.4 Å². The van der Waals surface area contributed by atoms with Gasteiger partial charge in [-0.25, -0.2) is 14.4 Å². The number of aromatic nitrogens is 2. The molecule has 0 saturated carbocycles. The Morgan fingerprint density at radius 3 is 2.50 bits per heavy atom. The first-order valence-electron chi connectivity index (χ1n) is 5.21. The number of benzene rings is 1. The van der Waals surface area contributed by atoms with Crippen LogP contribution in [0.5, 0.6) is 0 Å². The molecule has 3 nitrogen and oxygen atoms in total. The topological polar surface area (TPSA) is 37.8 Å². The summed E-state index contributed by atoms with van der Waals surface area (Å²) in [5.74, 6) is -0.240. The molecular formula is C12H10Cl2FN3. The highest BCUT2D eigenvalue weighted by atomic mass is 35.5. The van der Waals surface area contributed by atoms with Crippen LogP contribution < -0.4 is 5.32 Å². The second-order valence-electron chi connectivity index (χ2n) is 3.76. The lowest BCUT2D eigenvalue weighted by Gasteiger charge is -2.10. The van der Waals surface area contributed by atoms with Gasteiger partial charge in [0.1, 0.15) is 0 Å². The first-order valence-corrected chi connectivity index (χ1v) is 5.96. The van der Waals surface area contributed by atoms with Crippen LogP contribution in [0, 0.1) is 19.7 Å². The number of anilines is 2. The van der Waals surface area contributed by atoms with Crippen molar-refractivity contribution in [3.63, 3.8) is 0 Å². The SMILES string of the molecule is Cc1nc(Cl)c(Nc2cccc(Cl)c2F)nc1C. The van der Waals surface area contributed by atoms with E-state index in [1.165, 1.54) is 6.07 Å². The number of nitrogens with one attached hydrogen (secondary N) is 1. The summed E-state index contributed by atoms with van der Waals surface area (Å²) in [5.41, 5.74) is 1.67. The fourth-order valence-corrected chi connectivity index (χ4v) is 1.77. The molecule has 0 amide bonds. The largest absolute Gasteiger partial charge is 0.335 e. The first kappa shape index (κ1) is 13.1. The summed E-state index contributed by atoms with van der Waals surface area (Å²) in [4.78, 5) is 8.33. The lowest BCUT2D eigenvalue weighted by Crippen LogP contribution is -2.02. The number of halogens is 3. The Bertz CT molecular complexity index is 602. The molecular weight excluding hydrogens is 276 g/mol. The summed E-state index contributed by atoms with van der Waals surface area (Å²) >= 11 is 11.6. The van der Waals surface area contributed by atoms with Gasteiger partial charge in [-0.05, 0) is 26.0 Å². The maximum absolute atomic E-state index is 13.7. The van der Waals surface area contributed by atoms with Crippen LogP contribution in [0.25, 0.3) is 0 Å². The highest BCUT2D eigenvalue weighted by molar-refractivity contribution is 6.32. The normalized spacial score (nSPS) is 10.5. The molecule has 1 heterocycles. The third-order valence-electron chi connectivity index (χ3n) is 2.47. The van der Waals surface area contributed by atoms with Gasteiger partial charge in [0.05, 0.1) is 22.1 Å². The van der Waals surface area contributed by atoms with E-state index in [0.29, 0.717) is 5.82 Å². The van der Waals surface area contributed by atoms with Gasteiger partial charge in [-0.1, -0.05) is 29.3 Å². The minimum atomic E-state index is -0.546. The minimum absolute atomic E-state index is 0.0351. The molecule has 1 aromatic heterocycles. The van der Waals surface area contributed by atoms with Crippen molar-refractivity contribution in [2.75, 3.05) is 5.32 Å². The van der Waals surface area contributed by atoms with E-state index in [9.17, 15) is 4.39 Å². The van der Waals surface area contributed by atoms with Gasteiger partial charge in [-0.15, -0.1) is 0 Å². The molecule has 0 aliphatic rings. The minimum Gasteiger partial charge on any atom is -0.335 e. The number of aryl methyl sites for hydroxylation is 2. The highest BCUT2D eigenvalue weighted by Crippen LogP contribution is 2.27. The molecule has 0 radical (unpaired) electrons. The smallest absolute Gasteiger partial charge is 0.172 e. The van der Waals surface area contributed by atoms with Crippen LogP contribution in [-0.2, 0) is 0 Å². The van der Waals surface area contributed by atoms with E-state index in [-0.39, 0.29) is 15.9 Å². The molecule has 6 heteroatoms. The van der Waals surface area contributed by atoms with E-state index >= 15 is 0 Å². The zero-order chi connectivity index (χ0) is 13.3. The Balaban J connectivity index is 2.40. The Kier molecular flexibility index (Phi) is 3.68. The van der Waals surface area contributed by atoms with Crippen LogP contribution in [0.3, 0.4) is 0 Å². The monoisotopic (exact) mass is 285 g/mol. The molecule has 0 fully saturated rings. The summed E-state index contributed by atoms with van der Waals surface area (Å²) in [6, 6.07) is 4.65. The van der Waals surface area contributed by atoms with Crippen LogP contribution in [0.2, 0.25) is 10.2 Å². The average Bonchev–Trinajstić information content (AvgIpc) is 2.32. The number of rotatable bonds is 2. The Hall–Kier alpha value is -1.39. The van der Waals surface area contributed by atoms with Gasteiger partial charge >= 0.3 is 0 Å². The van der Waals surface area contributed by atoms with E-state index in [1.807, 2.05) is 0 Å². The van der Waals surface area contributed by atoms with Crippen LogP contribution in [0.1, 0.15) is 11.4 Å². The standard InChI is InChI=1S/C12H10Cl2FN3/c1-6-7(2)17-12(11(14)16-6)18-9-5-3-4-8(13)10(9)15/h3-5H,1-2H3,(H,17,18). The fraction of sp³-hybridized carbons (Fsp3) is 0.167. The summed E-state index contributed by atoms with van der Waals surface area (Å²) in [5, 5.41) is 3.01. The molecule has 0 spiro atoms. The third kappa shape index (κ3) is 2.54. The van der Waals surface area contributed by atoms with E-state index < -0.39 is 5.82 Å². The number of hydrogen-bond donors (Lipinski definition) is 1. The molecule has 1 N–H and O–H groups in total. The van der Waals surface area contributed by atoms with Crippen molar-refractivity contribution >= 4 is 34.7 Å². The van der Waals surface area contributed by atoms with Crippen LogP contribution in [-0.4, -0.2) is 9.97 Å². The Morgan fingerprint density at radius 2 is 1.78 bits per heavy atom. The molecule has 0 unspecified atom stereocenters. The summed E-state index contributed by atoms with van der Waals surface area (Å²) in [7, 11) is 0. The van der Waals surface area contributed by atoms with Crippen molar-refractivity contribution < 1.29 is 4.39 Å². The van der Waals surface area contributed by atoms with Crippen molar-refractivity contribution in [1.29, 1.82) is 0 Å². The number of nitrogens with zero attached hydrogens (tertiary/aromatic N) is 2. The second kappa shape index (κ2) is 5.08. The molecule has 0 aliphatic heterocycles. The van der Waals surface area contributed by atoms with Crippen LogP contribution in [0.4, 0.5) is 15.9 Å². The van der Waals surface area contributed by atoms with Gasteiger partial charge in [-0.3, -0.25) is 0 Å². The van der Waals surface area contributed by atoms with Crippen LogP contribution >= 0.6 is 23.2 Å². The van der Waals surface area contributed by atoms with Gasteiger partial charge in [0, 0.05) is 0 Å². The maximum atomic E-state index is 13.7. The molecule has 18 heavy (non-hydrogen) atoms. The molecule has 0 aliphatic carbocycles. The molecule has 0 atom stereocenters. The predicted molar refractivity (Wildman–Crippen MR) is 71.2 cm³/mol. The Labute approximate surface area is 114 Å². The van der Waals surface area contributed by atoms with Gasteiger partial charge in [-0.2, -0.15) is 0 Å². The van der Waals surface area contributed by atoms with Gasteiger partial charge in [0.2, 0.25) is 0 Å². The van der Waals surface area contributed by atoms with Crippen molar-refractivity contribution in [3.05, 3.63) is 45.6 Å². The van der Waals surface area contributed by atoms with Gasteiger partial charge in [0.25, 0.3) is 0 Å². The van der Waals surface area contributed by atoms with Gasteiger partial charge in [0.15, 0.2) is 16.8 Å². The highest BCUT2D eigenvalue weighted by Gasteiger charge is 2.11. The van der Waals surface area contributed by atoms with Crippen LogP contribution in [0.15, 0.2) is 18.2 Å². The zero-order valence-electron chi connectivity index (χ0n) is 9.76. The van der Waals surface area contributed by atoms with Crippen molar-refractivity contribution in [2.24, 2.45) is 0 Å². The third-order valence-corrected chi connectivity index (χ3v) is 3.02. The van der Waals surface area contributed by atoms with Gasteiger partial charge < -0.3 is 5.32 Å². The predicted octanol–water partition coefficient (Wildman–Crippen LogP) is 4.28. The summed E-state index contributed by atoms with van der Waals surface area (Å²) < 4.78 is 13.7. The quantitative estimate of drug-likeness (QED) is 0.895. The van der Waals surface area contributed by atoms with E-state index in [4.69, 9.17) is 23.2 Å². The van der Waals surface area contributed by atoms with Crippen molar-refractivity contribution in [2.45, 2.75) is 13.8 Å². The Morgan fingerprint density at radius 1 is 1.11 bits per heavy atom. The lowest BCUT2D eigenvalue weighted by molar-refractivity contribution is 0.632. The molecule has 2 aromatic rings. The molecule has 0 saturated heterocycles. The van der Waals surface area contributed by atoms with E-state index in [1.54, 1.807) is 26.0 Å². The number of hydrogen-bond acceptors (Lipinski definition) is 3.